The van der Waals surface area contributed by atoms with Gasteiger partial charge in [0.25, 0.3) is 5.91 Å². The van der Waals surface area contributed by atoms with Gasteiger partial charge in [0.1, 0.15) is 12.3 Å². The van der Waals surface area contributed by atoms with Gasteiger partial charge in [-0.25, -0.2) is 9.69 Å². The fraction of sp³-hybridized carbons (Fsp3) is 0.429. The molecule has 2 rings (SSSR count). The fourth-order valence-corrected chi connectivity index (χ4v) is 2.12. The molecule has 1 heterocycles. The molecule has 3 amide bonds. The van der Waals surface area contributed by atoms with Crippen molar-refractivity contribution in [2.45, 2.75) is 13.8 Å². The number of anilines is 1. The van der Waals surface area contributed by atoms with Crippen LogP contribution in [-0.2, 0) is 4.79 Å². The summed E-state index contributed by atoms with van der Waals surface area (Å²) in [4.78, 5) is 27.0. The quantitative estimate of drug-likeness (QED) is 0.781. The third kappa shape index (κ3) is 2.70. The van der Waals surface area contributed by atoms with Crippen molar-refractivity contribution in [2.24, 2.45) is 5.92 Å². The molecule has 19 heavy (non-hydrogen) atoms. The van der Waals surface area contributed by atoms with Crippen molar-refractivity contribution in [3.05, 3.63) is 24.3 Å². The van der Waals surface area contributed by atoms with Crippen LogP contribution in [0.15, 0.2) is 24.3 Å². The fourth-order valence-electron chi connectivity index (χ4n) is 2.12. The Hall–Kier alpha value is -2.04. The number of imide groups is 1. The lowest BCUT2D eigenvalue weighted by Gasteiger charge is -2.18. The molecule has 5 nitrogen and oxygen atoms in total. The third-order valence-electron chi connectivity index (χ3n) is 2.95. The van der Waals surface area contributed by atoms with Crippen molar-refractivity contribution in [3.63, 3.8) is 0 Å². The molecule has 0 saturated carbocycles. The van der Waals surface area contributed by atoms with Gasteiger partial charge in [0.15, 0.2) is 0 Å². The minimum atomic E-state index is -0.246. The SMILES string of the molecule is COc1ccc(N2C(=O)CN(CC(C)C)C2=O)cc1. The van der Waals surface area contributed by atoms with Gasteiger partial charge in [-0.05, 0) is 30.2 Å². The molecule has 0 bridgehead atoms. The number of benzene rings is 1. The summed E-state index contributed by atoms with van der Waals surface area (Å²) in [7, 11) is 1.57. The first-order chi connectivity index (χ1) is 9.02. The third-order valence-corrected chi connectivity index (χ3v) is 2.95. The maximum Gasteiger partial charge on any atom is 0.331 e. The minimum Gasteiger partial charge on any atom is -0.497 e. The molecular formula is C14H18N2O3. The highest BCUT2D eigenvalue weighted by molar-refractivity contribution is 6.19. The second kappa shape index (κ2) is 5.30. The summed E-state index contributed by atoms with van der Waals surface area (Å²) in [6, 6.07) is 6.66. The van der Waals surface area contributed by atoms with Crippen LogP contribution in [0.4, 0.5) is 10.5 Å². The summed E-state index contributed by atoms with van der Waals surface area (Å²) in [6.45, 7) is 4.79. The Morgan fingerprint density at radius 2 is 1.84 bits per heavy atom. The molecule has 102 valence electrons. The summed E-state index contributed by atoms with van der Waals surface area (Å²) < 4.78 is 5.06. The largest absolute Gasteiger partial charge is 0.497 e. The van der Waals surface area contributed by atoms with E-state index in [0.29, 0.717) is 23.9 Å². The first-order valence-electron chi connectivity index (χ1n) is 6.29. The van der Waals surface area contributed by atoms with Crippen molar-refractivity contribution in [3.8, 4) is 5.75 Å². The van der Waals surface area contributed by atoms with E-state index in [0.717, 1.165) is 0 Å². The highest BCUT2D eigenvalue weighted by atomic mass is 16.5. The number of methoxy groups -OCH3 is 1. The van der Waals surface area contributed by atoms with Gasteiger partial charge in [0.2, 0.25) is 0 Å². The maximum atomic E-state index is 12.2. The van der Waals surface area contributed by atoms with Crippen LogP contribution in [0.1, 0.15) is 13.8 Å². The van der Waals surface area contributed by atoms with E-state index in [2.05, 4.69) is 0 Å². The number of carbonyl (C=O) groups is 2. The van der Waals surface area contributed by atoms with Crippen LogP contribution < -0.4 is 9.64 Å². The zero-order valence-corrected chi connectivity index (χ0v) is 11.4. The second-order valence-electron chi connectivity index (χ2n) is 4.98. The van der Waals surface area contributed by atoms with E-state index in [4.69, 9.17) is 4.74 Å². The Kier molecular flexibility index (Phi) is 3.74. The van der Waals surface area contributed by atoms with E-state index in [-0.39, 0.29) is 18.5 Å². The van der Waals surface area contributed by atoms with Gasteiger partial charge >= 0.3 is 6.03 Å². The number of nitrogens with zero attached hydrogens (tertiary/aromatic N) is 2. The van der Waals surface area contributed by atoms with E-state index in [1.807, 2.05) is 13.8 Å². The first kappa shape index (κ1) is 13.4. The van der Waals surface area contributed by atoms with Crippen LogP contribution in [-0.4, -0.2) is 37.0 Å². The molecule has 1 aliphatic heterocycles. The summed E-state index contributed by atoms with van der Waals surface area (Å²) >= 11 is 0. The molecule has 0 aromatic heterocycles. The predicted octanol–water partition coefficient (Wildman–Crippen LogP) is 2.12. The molecule has 0 aliphatic carbocycles. The van der Waals surface area contributed by atoms with Crippen molar-refractivity contribution >= 4 is 17.6 Å². The lowest BCUT2D eigenvalue weighted by molar-refractivity contribution is -0.116. The van der Waals surface area contributed by atoms with Gasteiger partial charge in [-0.1, -0.05) is 13.8 Å². The van der Waals surface area contributed by atoms with E-state index >= 15 is 0 Å². The molecule has 1 fully saturated rings. The topological polar surface area (TPSA) is 49.9 Å². The molecule has 0 spiro atoms. The highest BCUT2D eigenvalue weighted by Crippen LogP contribution is 2.24. The van der Waals surface area contributed by atoms with Gasteiger partial charge in [0, 0.05) is 6.54 Å². The summed E-state index contributed by atoms with van der Waals surface area (Å²) in [6.07, 6.45) is 0. The highest BCUT2D eigenvalue weighted by Gasteiger charge is 2.37. The number of hydrogen-bond acceptors (Lipinski definition) is 3. The molecule has 1 aromatic rings. The van der Waals surface area contributed by atoms with E-state index < -0.39 is 0 Å². The van der Waals surface area contributed by atoms with Crippen molar-refractivity contribution in [2.75, 3.05) is 25.1 Å². The molecule has 1 aromatic carbocycles. The zero-order valence-electron chi connectivity index (χ0n) is 11.4. The van der Waals surface area contributed by atoms with Crippen molar-refractivity contribution < 1.29 is 14.3 Å². The predicted molar refractivity (Wildman–Crippen MR) is 72.3 cm³/mol. The Morgan fingerprint density at radius 3 is 2.37 bits per heavy atom. The smallest absolute Gasteiger partial charge is 0.331 e. The standard InChI is InChI=1S/C14H18N2O3/c1-10(2)8-15-9-13(17)16(14(15)18)11-4-6-12(19-3)7-5-11/h4-7,10H,8-9H2,1-3H3. The first-order valence-corrected chi connectivity index (χ1v) is 6.29. The Balaban J connectivity index is 2.19. The summed E-state index contributed by atoms with van der Waals surface area (Å²) in [5.74, 6) is 0.852. The van der Waals surface area contributed by atoms with E-state index in [1.165, 1.54) is 4.90 Å². The Morgan fingerprint density at radius 1 is 1.21 bits per heavy atom. The van der Waals surface area contributed by atoms with Gasteiger partial charge in [-0.15, -0.1) is 0 Å². The molecule has 0 unspecified atom stereocenters. The monoisotopic (exact) mass is 262 g/mol. The minimum absolute atomic E-state index is 0.156. The molecule has 1 saturated heterocycles. The van der Waals surface area contributed by atoms with Gasteiger partial charge in [0.05, 0.1) is 12.8 Å². The van der Waals surface area contributed by atoms with Crippen LogP contribution in [0.2, 0.25) is 0 Å². The number of amides is 3. The van der Waals surface area contributed by atoms with Crippen LogP contribution >= 0.6 is 0 Å². The van der Waals surface area contributed by atoms with Crippen LogP contribution in [0.25, 0.3) is 0 Å². The molecular weight excluding hydrogens is 244 g/mol. The second-order valence-corrected chi connectivity index (χ2v) is 4.98. The molecule has 1 aliphatic rings. The normalized spacial score (nSPS) is 15.6. The average Bonchev–Trinajstić information content (AvgIpc) is 2.64. The number of urea groups is 1. The van der Waals surface area contributed by atoms with E-state index in [9.17, 15) is 9.59 Å². The molecule has 5 heteroatoms. The summed E-state index contributed by atoms with van der Waals surface area (Å²) in [5.41, 5.74) is 0.585. The van der Waals surface area contributed by atoms with Crippen molar-refractivity contribution in [1.82, 2.24) is 4.90 Å². The number of rotatable bonds is 4. The summed E-state index contributed by atoms with van der Waals surface area (Å²) in [5, 5.41) is 0. The van der Waals surface area contributed by atoms with Crippen LogP contribution in [0.5, 0.6) is 5.75 Å². The van der Waals surface area contributed by atoms with Gasteiger partial charge in [-0.2, -0.15) is 0 Å². The lowest BCUT2D eigenvalue weighted by atomic mass is 10.2. The van der Waals surface area contributed by atoms with E-state index in [1.54, 1.807) is 36.3 Å². The van der Waals surface area contributed by atoms with Gasteiger partial charge < -0.3 is 9.64 Å². The van der Waals surface area contributed by atoms with Crippen molar-refractivity contribution in [1.29, 1.82) is 0 Å². The molecule has 0 radical (unpaired) electrons. The van der Waals surface area contributed by atoms with Gasteiger partial charge in [-0.3, -0.25) is 4.79 Å². The Bertz CT molecular complexity index is 482. The number of carbonyl (C=O) groups excluding carboxylic acids is 2. The number of ether oxygens (including phenoxy) is 1. The Labute approximate surface area is 112 Å². The van der Waals surface area contributed by atoms with Crippen LogP contribution in [0, 0.1) is 5.92 Å². The molecule has 0 atom stereocenters. The maximum absolute atomic E-state index is 12.2. The average molecular weight is 262 g/mol. The van der Waals surface area contributed by atoms with Crippen LogP contribution in [0.3, 0.4) is 0 Å². The molecule has 0 N–H and O–H groups in total. The number of hydrogen-bond donors (Lipinski definition) is 0. The lowest BCUT2D eigenvalue weighted by Crippen LogP contribution is -2.34. The zero-order chi connectivity index (χ0) is 14.0.